The molecule has 0 amide bonds. The van der Waals surface area contributed by atoms with E-state index in [4.69, 9.17) is 0 Å². The minimum atomic E-state index is -0.0486. The van der Waals surface area contributed by atoms with E-state index in [0.29, 0.717) is 0 Å². The van der Waals surface area contributed by atoms with Gasteiger partial charge in [-0.05, 0) is 38.1 Å². The Balaban J connectivity index is 2.38. The van der Waals surface area contributed by atoms with Crippen LogP contribution in [0.15, 0.2) is 24.3 Å². The Morgan fingerprint density at radius 3 is 1.05 bits per heavy atom. The molecule has 0 unspecified atom stereocenters. The first kappa shape index (κ1) is 15.9. The summed E-state index contributed by atoms with van der Waals surface area (Å²) in [5.74, 6) is 0. The van der Waals surface area contributed by atoms with Crippen LogP contribution in [0, 0.1) is 0 Å². The van der Waals surface area contributed by atoms with Crippen molar-refractivity contribution in [3.8, 4) is 0 Å². The van der Waals surface area contributed by atoms with Gasteiger partial charge in [-0.15, -0.1) is 0 Å². The number of hydrogen-bond donors (Lipinski definition) is 2. The van der Waals surface area contributed by atoms with Gasteiger partial charge in [0.05, 0.1) is 0 Å². The first-order valence-electron chi connectivity index (χ1n) is 7.82. The molecular formula is C19H30N2. The van der Waals surface area contributed by atoms with Crippen molar-refractivity contribution >= 4 is 0 Å². The molecule has 0 atom stereocenters. The minimum Gasteiger partial charge on any atom is -0.361 e. The van der Waals surface area contributed by atoms with Gasteiger partial charge in [-0.25, -0.2) is 0 Å². The molecule has 0 saturated carbocycles. The fourth-order valence-corrected chi connectivity index (χ4v) is 2.54. The molecule has 0 aliphatic carbocycles. The highest BCUT2D eigenvalue weighted by atomic mass is 14.8. The van der Waals surface area contributed by atoms with Crippen molar-refractivity contribution in [3.63, 3.8) is 0 Å². The smallest absolute Gasteiger partial charge is 0.0447 e. The molecular weight excluding hydrogens is 256 g/mol. The third kappa shape index (κ3) is 3.09. The molecule has 2 heterocycles. The van der Waals surface area contributed by atoms with E-state index < -0.39 is 0 Å². The van der Waals surface area contributed by atoms with Gasteiger partial charge in [0.1, 0.15) is 0 Å². The van der Waals surface area contributed by atoms with Crippen LogP contribution in [-0.2, 0) is 16.2 Å². The molecule has 0 aliphatic heterocycles. The van der Waals surface area contributed by atoms with Crippen molar-refractivity contribution in [3.05, 3.63) is 47.0 Å². The van der Waals surface area contributed by atoms with Gasteiger partial charge < -0.3 is 9.97 Å². The van der Waals surface area contributed by atoms with Gasteiger partial charge in [0.25, 0.3) is 0 Å². The number of H-pyrrole nitrogens is 2. The van der Waals surface area contributed by atoms with Gasteiger partial charge in [-0.1, -0.05) is 41.5 Å². The van der Waals surface area contributed by atoms with Crippen LogP contribution in [0.25, 0.3) is 0 Å². The molecule has 2 N–H and O–H groups in total. The van der Waals surface area contributed by atoms with E-state index in [1.165, 1.54) is 22.8 Å². The van der Waals surface area contributed by atoms with Gasteiger partial charge >= 0.3 is 0 Å². The second kappa shape index (κ2) is 4.79. The molecule has 0 fully saturated rings. The molecule has 0 aromatic carbocycles. The van der Waals surface area contributed by atoms with E-state index in [1.54, 1.807) is 0 Å². The highest BCUT2D eigenvalue weighted by Crippen LogP contribution is 2.34. The normalized spacial score (nSPS) is 13.7. The predicted molar refractivity (Wildman–Crippen MR) is 91.1 cm³/mol. The van der Waals surface area contributed by atoms with E-state index in [9.17, 15) is 0 Å². The summed E-state index contributed by atoms with van der Waals surface area (Å²) in [5.41, 5.74) is 5.35. The lowest BCUT2D eigenvalue weighted by Gasteiger charge is -2.24. The van der Waals surface area contributed by atoms with Crippen LogP contribution >= 0.6 is 0 Å². The molecule has 116 valence electrons. The first-order valence-corrected chi connectivity index (χ1v) is 7.82. The minimum absolute atomic E-state index is 0.0486. The zero-order valence-electron chi connectivity index (χ0n) is 14.8. The van der Waals surface area contributed by atoms with Crippen molar-refractivity contribution in [2.24, 2.45) is 0 Å². The lowest BCUT2D eigenvalue weighted by atomic mass is 9.86. The molecule has 21 heavy (non-hydrogen) atoms. The van der Waals surface area contributed by atoms with Gasteiger partial charge in [0.15, 0.2) is 0 Å². The molecule has 0 aliphatic rings. The van der Waals surface area contributed by atoms with Crippen LogP contribution in [0.4, 0.5) is 0 Å². The third-order valence-corrected chi connectivity index (χ3v) is 4.33. The molecule has 2 nitrogen and oxygen atoms in total. The zero-order chi connectivity index (χ0) is 16.1. The Morgan fingerprint density at radius 1 is 0.524 bits per heavy atom. The number of nitrogens with one attached hydrogen (secondary N) is 2. The summed E-state index contributed by atoms with van der Waals surface area (Å²) in [7, 11) is 0. The maximum absolute atomic E-state index is 3.62. The average molecular weight is 286 g/mol. The maximum atomic E-state index is 3.62. The molecule has 2 aromatic heterocycles. The first-order chi connectivity index (χ1) is 9.42. The van der Waals surface area contributed by atoms with Crippen molar-refractivity contribution < 1.29 is 0 Å². The van der Waals surface area contributed by atoms with Gasteiger partial charge in [0, 0.05) is 39.0 Å². The highest BCUT2D eigenvalue weighted by Gasteiger charge is 2.29. The van der Waals surface area contributed by atoms with E-state index in [-0.39, 0.29) is 16.2 Å². The second-order valence-corrected chi connectivity index (χ2v) is 8.70. The van der Waals surface area contributed by atoms with E-state index in [2.05, 4.69) is 89.6 Å². The Labute approximate surface area is 129 Å². The van der Waals surface area contributed by atoms with Crippen molar-refractivity contribution in [1.82, 2.24) is 9.97 Å². The van der Waals surface area contributed by atoms with E-state index in [0.717, 1.165) is 0 Å². The Bertz CT molecular complexity index is 558. The molecule has 0 bridgehead atoms. The van der Waals surface area contributed by atoms with Crippen molar-refractivity contribution in [1.29, 1.82) is 0 Å². The maximum Gasteiger partial charge on any atom is 0.0447 e. The number of aromatic amines is 2. The average Bonchev–Trinajstić information content (AvgIpc) is 2.97. The van der Waals surface area contributed by atoms with Crippen molar-refractivity contribution in [2.75, 3.05) is 0 Å². The fraction of sp³-hybridized carbons (Fsp3) is 0.579. The van der Waals surface area contributed by atoms with Gasteiger partial charge in [-0.3, -0.25) is 0 Å². The lowest BCUT2D eigenvalue weighted by molar-refractivity contribution is 0.544. The Hall–Kier alpha value is -1.44. The number of rotatable bonds is 2. The molecule has 0 saturated heterocycles. The molecule has 0 spiro atoms. The summed E-state index contributed by atoms with van der Waals surface area (Å²) < 4.78 is 0. The molecule has 2 heteroatoms. The number of aromatic nitrogens is 2. The monoisotopic (exact) mass is 286 g/mol. The Kier molecular flexibility index (Phi) is 3.64. The molecule has 2 rings (SSSR count). The van der Waals surface area contributed by atoms with Crippen molar-refractivity contribution in [2.45, 2.75) is 71.6 Å². The lowest BCUT2D eigenvalue weighted by Crippen LogP contribution is -2.22. The third-order valence-electron chi connectivity index (χ3n) is 4.33. The van der Waals surface area contributed by atoms with Crippen LogP contribution in [0.1, 0.15) is 78.2 Å². The standard InChI is InChI=1S/C19H30N2/c1-17(2,3)13-9-11-15(20-13)19(7,8)16-12-10-14(21-16)18(4,5)6/h9-12,20-21H,1-8H3. The summed E-state index contributed by atoms with van der Waals surface area (Å²) >= 11 is 0. The summed E-state index contributed by atoms with van der Waals surface area (Å²) in [6.45, 7) is 18.0. The topological polar surface area (TPSA) is 31.6 Å². The van der Waals surface area contributed by atoms with E-state index >= 15 is 0 Å². The summed E-state index contributed by atoms with van der Waals surface area (Å²) in [6, 6.07) is 8.87. The zero-order valence-corrected chi connectivity index (χ0v) is 14.8. The summed E-state index contributed by atoms with van der Waals surface area (Å²) in [4.78, 5) is 7.24. The van der Waals surface area contributed by atoms with E-state index in [1.807, 2.05) is 0 Å². The fourth-order valence-electron chi connectivity index (χ4n) is 2.54. The second-order valence-electron chi connectivity index (χ2n) is 8.70. The molecule has 2 aromatic rings. The quantitative estimate of drug-likeness (QED) is 0.754. The highest BCUT2D eigenvalue weighted by molar-refractivity contribution is 5.35. The SMILES string of the molecule is CC(C)(C)c1ccc(C(C)(C)c2ccc(C(C)(C)C)[nH]2)[nH]1. The van der Waals surface area contributed by atoms with Gasteiger partial charge in [-0.2, -0.15) is 0 Å². The number of hydrogen-bond acceptors (Lipinski definition) is 0. The summed E-state index contributed by atoms with van der Waals surface area (Å²) in [6.07, 6.45) is 0. The van der Waals surface area contributed by atoms with Crippen LogP contribution in [0.5, 0.6) is 0 Å². The Morgan fingerprint density at radius 2 is 0.810 bits per heavy atom. The van der Waals surface area contributed by atoms with Crippen LogP contribution in [-0.4, -0.2) is 9.97 Å². The summed E-state index contributed by atoms with van der Waals surface area (Å²) in [5, 5.41) is 0. The molecule has 0 radical (unpaired) electrons. The van der Waals surface area contributed by atoms with Crippen LogP contribution in [0.3, 0.4) is 0 Å². The van der Waals surface area contributed by atoms with Crippen LogP contribution in [0.2, 0.25) is 0 Å². The predicted octanol–water partition coefficient (Wildman–Crippen LogP) is 5.26. The largest absolute Gasteiger partial charge is 0.361 e. The van der Waals surface area contributed by atoms with Gasteiger partial charge in [0.2, 0.25) is 0 Å². The van der Waals surface area contributed by atoms with Crippen LogP contribution < -0.4 is 0 Å².